The lowest BCUT2D eigenvalue weighted by Crippen LogP contribution is -2.10. The number of unbranched alkanes of at least 4 members (excludes halogenated alkanes) is 8. The van der Waals surface area contributed by atoms with Crippen LogP contribution in [0.3, 0.4) is 0 Å². The van der Waals surface area contributed by atoms with E-state index in [1.165, 1.54) is 50.7 Å². The van der Waals surface area contributed by atoms with Crippen molar-refractivity contribution >= 4 is 12.0 Å². The third-order valence-electron chi connectivity index (χ3n) is 7.95. The van der Waals surface area contributed by atoms with E-state index in [9.17, 15) is 15.0 Å². The lowest BCUT2D eigenvalue weighted by molar-refractivity contribution is -0.134. The molecule has 4 aromatic carbocycles. The van der Waals surface area contributed by atoms with Gasteiger partial charge < -0.3 is 24.4 Å². The molecular formula is C41H48O6. The quantitative estimate of drug-likeness (QED) is 0.0570. The first-order valence-electron chi connectivity index (χ1n) is 16.9. The Hall–Kier alpha value is -4.55. The van der Waals surface area contributed by atoms with E-state index in [1.807, 2.05) is 78.9 Å². The number of aliphatic hydroxyl groups is 1. The predicted molar refractivity (Wildman–Crippen MR) is 188 cm³/mol. The summed E-state index contributed by atoms with van der Waals surface area (Å²) in [6, 6.07) is 29.8. The average molecular weight is 637 g/mol. The van der Waals surface area contributed by atoms with Crippen LogP contribution in [0.4, 0.5) is 0 Å². The summed E-state index contributed by atoms with van der Waals surface area (Å²) in [5.74, 6) is 0.987. The van der Waals surface area contributed by atoms with E-state index < -0.39 is 6.10 Å². The van der Waals surface area contributed by atoms with Crippen LogP contribution in [0.15, 0.2) is 103 Å². The second kappa shape index (κ2) is 19.9. The molecule has 47 heavy (non-hydrogen) atoms. The fourth-order valence-corrected chi connectivity index (χ4v) is 5.25. The zero-order valence-electron chi connectivity index (χ0n) is 27.5. The molecule has 0 bridgehead atoms. The molecule has 0 radical (unpaired) electrons. The lowest BCUT2D eigenvalue weighted by atomic mass is 10.1. The van der Waals surface area contributed by atoms with Crippen molar-refractivity contribution in [3.63, 3.8) is 0 Å². The minimum absolute atomic E-state index is 0.0431. The van der Waals surface area contributed by atoms with Crippen LogP contribution in [0.5, 0.6) is 23.0 Å². The van der Waals surface area contributed by atoms with Crippen LogP contribution in [0.1, 0.15) is 99.5 Å². The molecule has 0 aliphatic rings. The molecule has 0 saturated carbocycles. The van der Waals surface area contributed by atoms with E-state index in [0.717, 1.165) is 36.0 Å². The Balaban J connectivity index is 1.39. The van der Waals surface area contributed by atoms with E-state index in [2.05, 4.69) is 6.92 Å². The number of hydrogen-bond acceptors (Lipinski definition) is 6. The molecule has 1 atom stereocenters. The molecule has 0 spiro atoms. The molecule has 0 aliphatic heterocycles. The van der Waals surface area contributed by atoms with Crippen LogP contribution >= 0.6 is 0 Å². The normalized spacial score (nSPS) is 11.8. The zero-order chi connectivity index (χ0) is 33.1. The number of hydrogen-bond donors (Lipinski definition) is 2. The minimum atomic E-state index is -1.10. The van der Waals surface area contributed by atoms with Gasteiger partial charge in [-0.3, -0.25) is 4.79 Å². The Morgan fingerprint density at radius 2 is 1.32 bits per heavy atom. The van der Waals surface area contributed by atoms with Crippen molar-refractivity contribution in [2.24, 2.45) is 0 Å². The van der Waals surface area contributed by atoms with Crippen molar-refractivity contribution in [3.8, 4) is 23.0 Å². The molecular weight excluding hydrogens is 588 g/mol. The molecule has 0 heterocycles. The second-order valence-corrected chi connectivity index (χ2v) is 11.8. The predicted octanol–water partition coefficient (Wildman–Crippen LogP) is 10.1. The topological polar surface area (TPSA) is 85.2 Å². The van der Waals surface area contributed by atoms with Crippen molar-refractivity contribution in [1.29, 1.82) is 0 Å². The van der Waals surface area contributed by atoms with Crippen LogP contribution < -0.4 is 14.2 Å². The fourth-order valence-electron chi connectivity index (χ4n) is 5.25. The van der Waals surface area contributed by atoms with E-state index in [0.29, 0.717) is 30.3 Å². The van der Waals surface area contributed by atoms with Gasteiger partial charge in [-0.15, -0.1) is 0 Å². The van der Waals surface area contributed by atoms with Crippen molar-refractivity contribution < 1.29 is 29.2 Å². The van der Waals surface area contributed by atoms with Crippen LogP contribution in [0.2, 0.25) is 0 Å². The monoisotopic (exact) mass is 636 g/mol. The first kappa shape index (κ1) is 35.3. The van der Waals surface area contributed by atoms with Crippen molar-refractivity contribution in [2.75, 3.05) is 0 Å². The second-order valence-electron chi connectivity index (χ2n) is 11.8. The number of aromatic hydroxyl groups is 1. The Morgan fingerprint density at radius 1 is 0.702 bits per heavy atom. The van der Waals surface area contributed by atoms with Crippen molar-refractivity contribution in [3.05, 3.63) is 125 Å². The molecule has 0 fully saturated rings. The molecule has 248 valence electrons. The summed E-state index contributed by atoms with van der Waals surface area (Å²) in [6.45, 7) is 3.01. The summed E-state index contributed by atoms with van der Waals surface area (Å²) < 4.78 is 17.9. The highest BCUT2D eigenvalue weighted by atomic mass is 16.5. The SMILES string of the molecule is CCCCCCCCCCCC(=O)Oc1cc(O)ccc1C(O)C=Cc1ccc(OCc2ccccc2)cc1OCc1ccccc1. The van der Waals surface area contributed by atoms with Crippen molar-refractivity contribution in [1.82, 2.24) is 0 Å². The summed E-state index contributed by atoms with van der Waals surface area (Å²) >= 11 is 0. The van der Waals surface area contributed by atoms with E-state index >= 15 is 0 Å². The fraction of sp³-hybridized carbons (Fsp3) is 0.341. The smallest absolute Gasteiger partial charge is 0.311 e. The maximum Gasteiger partial charge on any atom is 0.311 e. The highest BCUT2D eigenvalue weighted by molar-refractivity contribution is 5.73. The largest absolute Gasteiger partial charge is 0.508 e. The van der Waals surface area contributed by atoms with Gasteiger partial charge in [0.2, 0.25) is 0 Å². The molecule has 6 heteroatoms. The van der Waals surface area contributed by atoms with Crippen LogP contribution in [-0.4, -0.2) is 16.2 Å². The molecule has 0 aliphatic carbocycles. The Labute approximate surface area is 279 Å². The van der Waals surface area contributed by atoms with Gasteiger partial charge in [0.15, 0.2) is 0 Å². The van der Waals surface area contributed by atoms with Gasteiger partial charge in [0.1, 0.15) is 42.3 Å². The van der Waals surface area contributed by atoms with E-state index in [-0.39, 0.29) is 23.9 Å². The number of carbonyl (C=O) groups is 1. The average Bonchev–Trinajstić information content (AvgIpc) is 3.09. The maximum absolute atomic E-state index is 12.7. The molecule has 2 N–H and O–H groups in total. The lowest BCUT2D eigenvalue weighted by Gasteiger charge is -2.15. The number of phenolic OH excluding ortho intramolecular Hbond substituents is 1. The zero-order valence-corrected chi connectivity index (χ0v) is 27.5. The Kier molecular flexibility index (Phi) is 14.9. The number of esters is 1. The number of ether oxygens (including phenoxy) is 3. The molecule has 0 saturated heterocycles. The first-order valence-corrected chi connectivity index (χ1v) is 16.9. The van der Waals surface area contributed by atoms with Gasteiger partial charge in [0.25, 0.3) is 0 Å². The van der Waals surface area contributed by atoms with Crippen molar-refractivity contribution in [2.45, 2.75) is 90.4 Å². The third-order valence-corrected chi connectivity index (χ3v) is 7.95. The maximum atomic E-state index is 12.7. The van der Waals surface area contributed by atoms with Crippen LogP contribution in [0, 0.1) is 0 Å². The standard InChI is InChI=1S/C41H48O6/c1-2-3-4-5-6-7-8-9-16-21-41(44)47-40-28-35(42)24-26-37(40)38(43)27-23-34-22-25-36(45-30-32-17-12-10-13-18-32)29-39(34)46-31-33-19-14-11-15-20-33/h10-15,17-20,22-29,38,42-43H,2-9,16,21,30-31H2,1H3. The van der Waals surface area contributed by atoms with Gasteiger partial charge in [-0.05, 0) is 41.8 Å². The highest BCUT2D eigenvalue weighted by Gasteiger charge is 2.16. The first-order chi connectivity index (χ1) is 23.0. The summed E-state index contributed by atoms with van der Waals surface area (Å²) in [7, 11) is 0. The molecule has 6 nitrogen and oxygen atoms in total. The summed E-state index contributed by atoms with van der Waals surface area (Å²) in [5.41, 5.74) is 3.21. The molecule has 4 aromatic rings. The summed E-state index contributed by atoms with van der Waals surface area (Å²) in [6.07, 6.45) is 13.0. The molecule has 4 rings (SSSR count). The number of benzene rings is 4. The highest BCUT2D eigenvalue weighted by Crippen LogP contribution is 2.33. The van der Waals surface area contributed by atoms with Crippen LogP contribution in [0.25, 0.3) is 6.08 Å². The van der Waals surface area contributed by atoms with Gasteiger partial charge >= 0.3 is 5.97 Å². The molecule has 1 unspecified atom stereocenters. The van der Waals surface area contributed by atoms with Gasteiger partial charge in [-0.1, -0.05) is 131 Å². The third kappa shape index (κ3) is 12.6. The summed E-state index contributed by atoms with van der Waals surface area (Å²) in [5, 5.41) is 21.3. The molecule has 0 aromatic heterocycles. The van der Waals surface area contributed by atoms with Gasteiger partial charge in [0, 0.05) is 29.7 Å². The van der Waals surface area contributed by atoms with Gasteiger partial charge in [-0.25, -0.2) is 0 Å². The number of phenols is 1. The number of carbonyl (C=O) groups excluding carboxylic acids is 1. The number of rotatable bonds is 20. The van der Waals surface area contributed by atoms with E-state index in [4.69, 9.17) is 14.2 Å². The minimum Gasteiger partial charge on any atom is -0.508 e. The Morgan fingerprint density at radius 3 is 1.98 bits per heavy atom. The van der Waals surface area contributed by atoms with Crippen LogP contribution in [-0.2, 0) is 18.0 Å². The van der Waals surface area contributed by atoms with Gasteiger partial charge in [-0.2, -0.15) is 0 Å². The molecule has 0 amide bonds. The summed E-state index contributed by atoms with van der Waals surface area (Å²) in [4.78, 5) is 12.7. The van der Waals surface area contributed by atoms with E-state index in [1.54, 1.807) is 18.2 Å². The Bertz CT molecular complexity index is 1520. The number of aliphatic hydroxyl groups excluding tert-OH is 1. The van der Waals surface area contributed by atoms with Gasteiger partial charge in [0.05, 0.1) is 0 Å².